The number of hydrogen-bond acceptors (Lipinski definition) is 4. The Morgan fingerprint density at radius 1 is 1.00 bits per heavy atom. The molecule has 2 aromatic carbocycles. The third-order valence-corrected chi connectivity index (χ3v) is 3.19. The Balaban J connectivity index is 1.62. The lowest BCUT2D eigenvalue weighted by Crippen LogP contribution is -2.29. The molecule has 0 aromatic heterocycles. The van der Waals surface area contributed by atoms with Gasteiger partial charge in [-0.05, 0) is 36.2 Å². The van der Waals surface area contributed by atoms with E-state index in [-0.39, 0.29) is 5.91 Å². The summed E-state index contributed by atoms with van der Waals surface area (Å²) in [6.45, 7) is 1.09. The molecule has 0 saturated carbocycles. The molecule has 6 nitrogen and oxygen atoms in total. The molecule has 6 heteroatoms. The Hall–Kier alpha value is -3.02. The summed E-state index contributed by atoms with van der Waals surface area (Å²) >= 11 is 0. The summed E-state index contributed by atoms with van der Waals surface area (Å²) in [7, 11) is 0. The van der Waals surface area contributed by atoms with Crippen molar-refractivity contribution < 1.29 is 14.3 Å². The topological polar surface area (TPSA) is 93.5 Å². The number of carbonyl (C=O) groups excluding carboxylic acids is 2. The summed E-state index contributed by atoms with van der Waals surface area (Å²) < 4.78 is 4.74. The molecule has 2 rings (SSSR count). The van der Waals surface area contributed by atoms with Gasteiger partial charge in [0.1, 0.15) is 5.75 Å². The van der Waals surface area contributed by atoms with Crippen LogP contribution < -0.4 is 21.1 Å². The number of carbonyl (C=O) groups is 2. The van der Waals surface area contributed by atoms with Gasteiger partial charge in [-0.3, -0.25) is 4.79 Å². The molecule has 0 atom stereocenters. The van der Waals surface area contributed by atoms with Crippen LogP contribution in [0.1, 0.15) is 5.56 Å². The minimum absolute atomic E-state index is 0.0918. The third-order valence-electron chi connectivity index (χ3n) is 3.19. The molecule has 0 fully saturated rings. The van der Waals surface area contributed by atoms with E-state index in [1.165, 1.54) is 0 Å². The third kappa shape index (κ3) is 6.39. The second-order valence-corrected chi connectivity index (χ2v) is 5.06. The summed E-state index contributed by atoms with van der Waals surface area (Å²) in [5.41, 5.74) is 6.89. The maximum atomic E-state index is 11.7. The van der Waals surface area contributed by atoms with E-state index in [1.807, 2.05) is 30.3 Å². The first kappa shape index (κ1) is 17.3. The molecule has 4 N–H and O–H groups in total. The van der Waals surface area contributed by atoms with Gasteiger partial charge in [-0.15, -0.1) is 0 Å². The van der Waals surface area contributed by atoms with E-state index in [0.29, 0.717) is 25.3 Å². The van der Waals surface area contributed by atoms with Gasteiger partial charge in [0.25, 0.3) is 0 Å². The van der Waals surface area contributed by atoms with E-state index in [1.54, 1.807) is 30.7 Å². The van der Waals surface area contributed by atoms with E-state index in [4.69, 9.17) is 10.5 Å². The number of nitrogens with one attached hydrogen (secondary N) is 2. The lowest BCUT2D eigenvalue weighted by molar-refractivity contribution is -0.117. The van der Waals surface area contributed by atoms with Gasteiger partial charge < -0.3 is 21.1 Å². The molecule has 0 bridgehead atoms. The van der Waals surface area contributed by atoms with Crippen molar-refractivity contribution in [3.63, 3.8) is 0 Å². The number of rotatable bonds is 8. The Bertz CT molecular complexity index is 657. The molecule has 0 heterocycles. The van der Waals surface area contributed by atoms with Crippen LogP contribution in [0.2, 0.25) is 0 Å². The van der Waals surface area contributed by atoms with Crippen molar-refractivity contribution >= 4 is 17.7 Å². The Morgan fingerprint density at radius 2 is 1.71 bits per heavy atom. The number of amides is 2. The number of anilines is 1. The largest absolute Gasteiger partial charge is 0.411 e. The first-order valence-corrected chi connectivity index (χ1v) is 7.59. The molecule has 0 aliphatic heterocycles. The lowest BCUT2D eigenvalue weighted by Gasteiger charge is -2.08. The Kier molecular flexibility index (Phi) is 6.64. The summed E-state index contributed by atoms with van der Waals surface area (Å²) in [6, 6.07) is 16.6. The van der Waals surface area contributed by atoms with Crippen LogP contribution in [0.25, 0.3) is 0 Å². The predicted molar refractivity (Wildman–Crippen MR) is 92.6 cm³/mol. The van der Waals surface area contributed by atoms with E-state index in [2.05, 4.69) is 10.6 Å². The molecule has 125 valence electrons. The fourth-order valence-corrected chi connectivity index (χ4v) is 2.05. The summed E-state index contributed by atoms with van der Waals surface area (Å²) in [5.74, 6) is 0.294. The van der Waals surface area contributed by atoms with Gasteiger partial charge in [-0.1, -0.05) is 30.3 Å². The normalized spacial score (nSPS) is 10.0. The number of benzene rings is 2. The molecular weight excluding hydrogens is 306 g/mol. The molecule has 0 saturated heterocycles. The number of nitrogens with two attached hydrogens (primary N) is 1. The minimum atomic E-state index is -0.842. The van der Waals surface area contributed by atoms with E-state index in [0.717, 1.165) is 11.3 Å². The fourth-order valence-electron chi connectivity index (χ4n) is 2.05. The van der Waals surface area contributed by atoms with Gasteiger partial charge in [-0.25, -0.2) is 4.79 Å². The quantitative estimate of drug-likeness (QED) is 0.648. The zero-order valence-electron chi connectivity index (χ0n) is 13.2. The van der Waals surface area contributed by atoms with Gasteiger partial charge in [0.05, 0.1) is 6.42 Å². The fraction of sp³-hybridized carbons (Fsp3) is 0.167. The number of hydrogen-bond donors (Lipinski definition) is 3. The molecule has 0 aliphatic rings. The average molecular weight is 326 g/mol. The maximum Gasteiger partial charge on any atom is 0.409 e. The number of ether oxygens (including phenoxy) is 1. The highest BCUT2D eigenvalue weighted by atomic mass is 16.5. The minimum Gasteiger partial charge on any atom is -0.411 e. The van der Waals surface area contributed by atoms with Crippen molar-refractivity contribution in [1.82, 2.24) is 5.32 Å². The van der Waals surface area contributed by atoms with Crippen LogP contribution in [-0.4, -0.2) is 25.1 Å². The van der Waals surface area contributed by atoms with Crippen molar-refractivity contribution in [1.29, 1.82) is 0 Å². The van der Waals surface area contributed by atoms with Crippen LogP contribution in [0.4, 0.5) is 10.5 Å². The molecule has 24 heavy (non-hydrogen) atoms. The maximum absolute atomic E-state index is 11.7. The SMILES string of the molecule is NC(=O)Oc1ccc(NCCNC(=O)[CH]Cc2ccccc2)cc1. The highest BCUT2D eigenvalue weighted by molar-refractivity contribution is 5.84. The highest BCUT2D eigenvalue weighted by Gasteiger charge is 2.02. The first-order chi connectivity index (χ1) is 11.6. The van der Waals surface area contributed by atoms with Crippen LogP contribution in [0.3, 0.4) is 0 Å². The smallest absolute Gasteiger partial charge is 0.409 e. The molecule has 0 spiro atoms. The zero-order valence-corrected chi connectivity index (χ0v) is 13.2. The monoisotopic (exact) mass is 326 g/mol. The van der Waals surface area contributed by atoms with Crippen LogP contribution in [0.5, 0.6) is 5.75 Å². The van der Waals surface area contributed by atoms with E-state index < -0.39 is 6.09 Å². The average Bonchev–Trinajstić information content (AvgIpc) is 2.59. The summed E-state index contributed by atoms with van der Waals surface area (Å²) in [6.07, 6.45) is 1.40. The Labute approximate surface area is 141 Å². The lowest BCUT2D eigenvalue weighted by atomic mass is 10.1. The zero-order chi connectivity index (χ0) is 17.2. The summed E-state index contributed by atoms with van der Waals surface area (Å²) in [5, 5.41) is 5.97. The van der Waals surface area contributed by atoms with Crippen molar-refractivity contribution in [2.75, 3.05) is 18.4 Å². The van der Waals surface area contributed by atoms with Crippen LogP contribution in [0.15, 0.2) is 54.6 Å². The molecule has 2 aromatic rings. The van der Waals surface area contributed by atoms with Crippen molar-refractivity contribution in [2.45, 2.75) is 6.42 Å². The van der Waals surface area contributed by atoms with Crippen molar-refractivity contribution in [3.8, 4) is 5.75 Å². The number of primary amides is 1. The molecular formula is C18H20N3O3. The van der Waals surface area contributed by atoms with Gasteiger partial charge in [0, 0.05) is 18.8 Å². The van der Waals surface area contributed by atoms with Crippen LogP contribution in [-0.2, 0) is 11.2 Å². The first-order valence-electron chi connectivity index (χ1n) is 7.59. The standard InChI is InChI=1S/C18H20N3O3/c19-18(23)24-16-9-7-15(8-10-16)20-12-13-21-17(22)11-6-14-4-2-1-3-5-14/h1-5,7-11,20H,6,12-13H2,(H2,19,23)(H,21,22). The highest BCUT2D eigenvalue weighted by Crippen LogP contribution is 2.15. The summed E-state index contributed by atoms with van der Waals surface area (Å²) in [4.78, 5) is 22.3. The molecule has 0 aliphatic carbocycles. The van der Waals surface area contributed by atoms with Crippen LogP contribution in [0, 0.1) is 6.42 Å². The van der Waals surface area contributed by atoms with Crippen molar-refractivity contribution in [2.24, 2.45) is 5.73 Å². The Morgan fingerprint density at radius 3 is 2.38 bits per heavy atom. The molecule has 0 unspecified atom stereocenters. The molecule has 1 radical (unpaired) electrons. The van der Waals surface area contributed by atoms with Crippen molar-refractivity contribution in [3.05, 3.63) is 66.6 Å². The van der Waals surface area contributed by atoms with E-state index in [9.17, 15) is 9.59 Å². The predicted octanol–water partition coefficient (Wildman–Crippen LogP) is 2.12. The second-order valence-electron chi connectivity index (χ2n) is 5.06. The van der Waals surface area contributed by atoms with Gasteiger partial charge >= 0.3 is 6.09 Å². The van der Waals surface area contributed by atoms with E-state index >= 15 is 0 Å². The van der Waals surface area contributed by atoms with Gasteiger partial charge in [0.15, 0.2) is 0 Å². The van der Waals surface area contributed by atoms with Crippen LogP contribution >= 0.6 is 0 Å². The van der Waals surface area contributed by atoms with Gasteiger partial charge in [-0.2, -0.15) is 0 Å². The molecule has 2 amide bonds. The van der Waals surface area contributed by atoms with Gasteiger partial charge in [0.2, 0.25) is 5.91 Å². The second kappa shape index (κ2) is 9.19.